The van der Waals surface area contributed by atoms with E-state index < -0.39 is 35.1 Å². The lowest BCUT2D eigenvalue weighted by atomic mass is 9.85. The van der Waals surface area contributed by atoms with E-state index in [1.165, 1.54) is 12.1 Å². The number of aromatic nitrogens is 4. The van der Waals surface area contributed by atoms with Crippen molar-refractivity contribution in [1.82, 2.24) is 24.3 Å². The largest absolute Gasteiger partial charge is 0.416 e. The zero-order chi connectivity index (χ0) is 32.1. The van der Waals surface area contributed by atoms with Crippen LogP contribution in [0.15, 0.2) is 48.8 Å². The fourth-order valence-electron chi connectivity index (χ4n) is 5.86. The third-order valence-corrected chi connectivity index (χ3v) is 8.45. The van der Waals surface area contributed by atoms with E-state index in [0.717, 1.165) is 24.0 Å². The van der Waals surface area contributed by atoms with Crippen LogP contribution in [0.1, 0.15) is 53.6 Å². The number of fused-ring (bicyclic) bond motifs is 1. The molecule has 0 spiro atoms. The third kappa shape index (κ3) is 5.59. The first kappa shape index (κ1) is 30.5. The number of imidazole rings is 1. The number of aliphatic hydroxyl groups is 1. The van der Waals surface area contributed by atoms with Crippen molar-refractivity contribution in [3.8, 4) is 11.3 Å². The average Bonchev–Trinajstić information content (AvgIpc) is 3.41. The Labute approximate surface area is 256 Å². The van der Waals surface area contributed by atoms with Crippen molar-refractivity contribution in [3.05, 3.63) is 71.4 Å². The molecular formula is C31H32F3N7O4. The normalized spacial score (nSPS) is 19.7. The van der Waals surface area contributed by atoms with E-state index in [-0.39, 0.29) is 29.7 Å². The maximum absolute atomic E-state index is 13.3. The number of anilines is 2. The molecule has 2 aliphatic rings. The number of amides is 2. The van der Waals surface area contributed by atoms with Gasteiger partial charge in [-0.2, -0.15) is 13.2 Å². The summed E-state index contributed by atoms with van der Waals surface area (Å²) in [5, 5.41) is 13.6. The van der Waals surface area contributed by atoms with Crippen LogP contribution in [0.3, 0.4) is 0 Å². The molecule has 6 rings (SSSR count). The van der Waals surface area contributed by atoms with Gasteiger partial charge in [-0.15, -0.1) is 0 Å². The van der Waals surface area contributed by atoms with E-state index in [4.69, 9.17) is 15.5 Å². The molecule has 4 N–H and O–H groups in total. The molecule has 2 atom stereocenters. The molecule has 45 heavy (non-hydrogen) atoms. The van der Waals surface area contributed by atoms with Gasteiger partial charge in [-0.05, 0) is 44.0 Å². The Morgan fingerprint density at radius 3 is 2.56 bits per heavy atom. The van der Waals surface area contributed by atoms with Crippen LogP contribution in [-0.2, 0) is 22.1 Å². The number of aryl methyl sites for hydroxylation is 1. The summed E-state index contributed by atoms with van der Waals surface area (Å²) in [6.45, 7) is 5.25. The van der Waals surface area contributed by atoms with Gasteiger partial charge in [0.2, 0.25) is 5.91 Å². The number of pyridine rings is 1. The number of piperidine rings is 1. The number of nitrogen functional groups attached to an aromatic ring is 1. The number of hydrogen-bond acceptors (Lipinski definition) is 8. The smallest absolute Gasteiger partial charge is 0.392 e. The van der Waals surface area contributed by atoms with Crippen molar-refractivity contribution in [2.24, 2.45) is 5.41 Å². The topological polar surface area (TPSA) is 148 Å². The summed E-state index contributed by atoms with van der Waals surface area (Å²) < 4.78 is 46.5. The average molecular weight is 624 g/mol. The van der Waals surface area contributed by atoms with Crippen LogP contribution in [-0.4, -0.2) is 73.6 Å². The number of nitrogens with two attached hydrogens (primary N) is 1. The van der Waals surface area contributed by atoms with E-state index in [2.05, 4.69) is 15.3 Å². The minimum absolute atomic E-state index is 0.0159. The summed E-state index contributed by atoms with van der Waals surface area (Å²) in [6, 6.07) is 7.94. The Hall–Kier alpha value is -4.56. The fourth-order valence-corrected chi connectivity index (χ4v) is 5.86. The molecule has 5 heterocycles. The molecular weight excluding hydrogens is 591 g/mol. The van der Waals surface area contributed by atoms with Gasteiger partial charge in [-0.3, -0.25) is 14.0 Å². The van der Waals surface area contributed by atoms with Gasteiger partial charge in [0.05, 0.1) is 36.2 Å². The molecule has 0 aliphatic carbocycles. The van der Waals surface area contributed by atoms with Gasteiger partial charge in [0.25, 0.3) is 5.91 Å². The van der Waals surface area contributed by atoms with Crippen LogP contribution in [0.4, 0.5) is 24.8 Å². The molecule has 2 aliphatic heterocycles. The van der Waals surface area contributed by atoms with Crippen molar-refractivity contribution in [1.29, 1.82) is 0 Å². The van der Waals surface area contributed by atoms with Crippen LogP contribution < -0.4 is 11.1 Å². The second-order valence-corrected chi connectivity index (χ2v) is 11.7. The molecule has 1 aromatic carbocycles. The van der Waals surface area contributed by atoms with Gasteiger partial charge in [0.15, 0.2) is 0 Å². The fraction of sp³-hybridized carbons (Fsp3) is 0.387. The lowest BCUT2D eigenvalue weighted by molar-refractivity contribution is -0.171. The SMILES string of the molecule is CCc1cnc(N)c2c(-c3ccc(C(=O)Nc4cc(C(F)(F)F)ccn4)cc3)nc([C@H]3CN(C(=O)C4(C)COC4)CCC3O)n12. The summed E-state index contributed by atoms with van der Waals surface area (Å²) in [5.41, 5.74) is 7.50. The van der Waals surface area contributed by atoms with Crippen molar-refractivity contribution in [2.75, 3.05) is 37.4 Å². The molecule has 0 radical (unpaired) electrons. The van der Waals surface area contributed by atoms with E-state index in [1.54, 1.807) is 23.2 Å². The van der Waals surface area contributed by atoms with Crippen LogP contribution in [0.25, 0.3) is 16.8 Å². The number of aliphatic hydroxyl groups excluding tert-OH is 1. The number of rotatable bonds is 6. The van der Waals surface area contributed by atoms with Crippen LogP contribution in [0.2, 0.25) is 0 Å². The second kappa shape index (κ2) is 11.4. The number of carbonyl (C=O) groups is 2. The van der Waals surface area contributed by atoms with Gasteiger partial charge < -0.3 is 25.8 Å². The Morgan fingerprint density at radius 2 is 1.91 bits per heavy atom. The quantitative estimate of drug-likeness (QED) is 0.293. The molecule has 2 amide bonds. The van der Waals surface area contributed by atoms with E-state index in [0.29, 0.717) is 55.2 Å². The first-order valence-electron chi connectivity index (χ1n) is 14.6. The predicted octanol–water partition coefficient (Wildman–Crippen LogP) is 3.92. The highest BCUT2D eigenvalue weighted by atomic mass is 19.4. The predicted molar refractivity (Wildman–Crippen MR) is 158 cm³/mol. The Bertz CT molecular complexity index is 1770. The molecule has 2 fully saturated rings. The van der Waals surface area contributed by atoms with Crippen LogP contribution >= 0.6 is 0 Å². The zero-order valence-corrected chi connectivity index (χ0v) is 24.6. The van der Waals surface area contributed by atoms with Gasteiger partial charge in [0.1, 0.15) is 28.7 Å². The number of alkyl halides is 3. The number of likely N-dealkylation sites (tertiary alicyclic amines) is 1. The van der Waals surface area contributed by atoms with Gasteiger partial charge >= 0.3 is 6.18 Å². The number of nitrogens with zero attached hydrogens (tertiary/aromatic N) is 5. The highest BCUT2D eigenvalue weighted by molar-refractivity contribution is 6.04. The Morgan fingerprint density at radius 1 is 1.18 bits per heavy atom. The molecule has 236 valence electrons. The zero-order valence-electron chi connectivity index (χ0n) is 24.6. The molecule has 11 nitrogen and oxygen atoms in total. The van der Waals surface area contributed by atoms with Crippen molar-refractivity contribution in [3.63, 3.8) is 0 Å². The maximum atomic E-state index is 13.3. The summed E-state index contributed by atoms with van der Waals surface area (Å²) in [5.74, 6) is -0.631. The van der Waals surface area contributed by atoms with Crippen LogP contribution in [0, 0.1) is 5.41 Å². The molecule has 0 bridgehead atoms. The van der Waals surface area contributed by atoms with Crippen molar-refractivity contribution in [2.45, 2.75) is 44.9 Å². The van der Waals surface area contributed by atoms with Crippen molar-refractivity contribution >= 4 is 29.0 Å². The number of halogens is 3. The Balaban J connectivity index is 1.33. The van der Waals surface area contributed by atoms with Gasteiger partial charge in [0, 0.05) is 42.3 Å². The first-order chi connectivity index (χ1) is 21.4. The summed E-state index contributed by atoms with van der Waals surface area (Å²) in [7, 11) is 0. The minimum atomic E-state index is -4.57. The lowest BCUT2D eigenvalue weighted by Crippen LogP contribution is -2.56. The molecule has 0 saturated carbocycles. The number of carbonyl (C=O) groups excluding carboxylic acids is 2. The second-order valence-electron chi connectivity index (χ2n) is 11.7. The molecule has 1 unspecified atom stereocenters. The van der Waals surface area contributed by atoms with E-state index >= 15 is 0 Å². The number of nitrogens with one attached hydrogen (secondary N) is 1. The Kier molecular flexibility index (Phi) is 7.73. The van der Waals surface area contributed by atoms with E-state index in [1.807, 2.05) is 18.2 Å². The van der Waals surface area contributed by atoms with Gasteiger partial charge in [-0.1, -0.05) is 19.1 Å². The standard InChI is InChI=1S/C31H32F3N7O4/c1-3-20-13-37-26(35)25-24(17-4-6-18(7-5-17)28(43)38-23-12-19(8-10-36-23)31(32,33)34)39-27(41(20)25)21-14-40(11-9-22(21)42)29(44)30(2)15-45-16-30/h4-8,10,12-13,21-22,42H,3,9,11,14-16H2,1-2H3,(H2,35,37)(H,36,38,43)/t21-,22?/m0/s1. The van der Waals surface area contributed by atoms with Gasteiger partial charge in [-0.25, -0.2) is 15.0 Å². The lowest BCUT2D eigenvalue weighted by Gasteiger charge is -2.43. The number of hydrogen-bond donors (Lipinski definition) is 3. The molecule has 3 aromatic heterocycles. The first-order valence-corrected chi connectivity index (χ1v) is 14.6. The van der Waals surface area contributed by atoms with Crippen LogP contribution in [0.5, 0.6) is 0 Å². The monoisotopic (exact) mass is 623 g/mol. The summed E-state index contributed by atoms with van der Waals surface area (Å²) in [4.78, 5) is 41.1. The molecule has 2 saturated heterocycles. The van der Waals surface area contributed by atoms with E-state index in [9.17, 15) is 27.9 Å². The number of ether oxygens (including phenoxy) is 1. The summed E-state index contributed by atoms with van der Waals surface area (Å²) in [6.07, 6.45) is -1.72. The van der Waals surface area contributed by atoms with Crippen molar-refractivity contribution < 1.29 is 32.6 Å². The molecule has 14 heteroatoms. The third-order valence-electron chi connectivity index (χ3n) is 8.45. The molecule has 4 aromatic rings. The summed E-state index contributed by atoms with van der Waals surface area (Å²) >= 11 is 0. The minimum Gasteiger partial charge on any atom is -0.392 e. The maximum Gasteiger partial charge on any atom is 0.416 e. The highest BCUT2D eigenvalue weighted by Crippen LogP contribution is 2.37. The number of benzene rings is 1. The highest BCUT2D eigenvalue weighted by Gasteiger charge is 2.46.